The summed E-state index contributed by atoms with van der Waals surface area (Å²) < 4.78 is 39.9. The van der Waals surface area contributed by atoms with Gasteiger partial charge in [-0.3, -0.25) is 9.69 Å². The number of rotatable bonds is 11. The number of carbonyl (C=O) groups excluding carboxylic acids is 1. The van der Waals surface area contributed by atoms with Crippen LogP contribution in [0.3, 0.4) is 0 Å². The molecule has 0 bridgehead atoms. The number of amides is 1. The fraction of sp³-hybridized carbons (Fsp3) is 0.696. The van der Waals surface area contributed by atoms with Gasteiger partial charge < -0.3 is 19.3 Å². The highest BCUT2D eigenvalue weighted by Gasteiger charge is 2.25. The monoisotopic (exact) mass is 498 g/mol. The zero-order chi connectivity index (χ0) is 23.9. The number of carbonyl (C=O) groups is 1. The number of nitrogens with one attached hydrogen (secondary N) is 1. The smallest absolute Gasteiger partial charge is 0.273 e. The minimum Gasteiger partial charge on any atom is -0.479 e. The molecule has 0 saturated heterocycles. The lowest BCUT2D eigenvalue weighted by Gasteiger charge is -2.32. The first-order valence-corrected chi connectivity index (χ1v) is 12.7. The molecule has 11 heteroatoms. The Balaban J connectivity index is 1.11. The maximum atomic E-state index is 12.4. The molecular formula is C23H32F2N4O4S. The molecule has 1 fully saturated rings. The molecule has 1 saturated carbocycles. The van der Waals surface area contributed by atoms with Crippen LogP contribution in [0.4, 0.5) is 8.78 Å². The first-order chi connectivity index (χ1) is 16.5. The zero-order valence-corrected chi connectivity index (χ0v) is 20.2. The molecule has 1 aliphatic carbocycles. The third kappa shape index (κ3) is 7.11. The fourth-order valence-corrected chi connectivity index (χ4v) is 5.54. The first kappa shape index (κ1) is 24.8. The number of methoxy groups -OCH3 is 1. The van der Waals surface area contributed by atoms with Crippen molar-refractivity contribution in [1.82, 2.24) is 20.4 Å². The van der Waals surface area contributed by atoms with Gasteiger partial charge in [0.1, 0.15) is 5.76 Å². The van der Waals surface area contributed by atoms with Crippen molar-refractivity contribution in [2.24, 2.45) is 5.92 Å². The summed E-state index contributed by atoms with van der Waals surface area (Å²) in [6, 6.07) is 1.95. The quantitative estimate of drug-likeness (QED) is 0.504. The van der Waals surface area contributed by atoms with Crippen LogP contribution in [0.15, 0.2) is 10.6 Å². The van der Waals surface area contributed by atoms with E-state index < -0.39 is 13.0 Å². The summed E-state index contributed by atoms with van der Waals surface area (Å²) in [6.07, 6.45) is 4.67. The van der Waals surface area contributed by atoms with Gasteiger partial charge in [0.25, 0.3) is 17.5 Å². The third-order valence-electron chi connectivity index (χ3n) is 6.53. The van der Waals surface area contributed by atoms with Crippen LogP contribution in [-0.2, 0) is 24.2 Å². The number of halogens is 2. The van der Waals surface area contributed by atoms with Crippen LogP contribution in [0, 0.1) is 5.92 Å². The van der Waals surface area contributed by atoms with E-state index >= 15 is 0 Å². The molecule has 34 heavy (non-hydrogen) atoms. The molecule has 1 N–H and O–H groups in total. The molecule has 0 aromatic carbocycles. The van der Waals surface area contributed by atoms with E-state index in [1.54, 1.807) is 6.07 Å². The Hall–Kier alpha value is -2.27. The molecule has 0 unspecified atom stereocenters. The number of aromatic nitrogens is 2. The van der Waals surface area contributed by atoms with Gasteiger partial charge in [-0.15, -0.1) is 0 Å². The Morgan fingerprint density at radius 2 is 2.18 bits per heavy atom. The molecule has 8 nitrogen and oxygen atoms in total. The Kier molecular flexibility index (Phi) is 8.71. The molecular weight excluding hydrogens is 466 g/mol. The highest BCUT2D eigenvalue weighted by molar-refractivity contribution is 7.13. The molecule has 0 radical (unpaired) electrons. The first-order valence-electron chi connectivity index (χ1n) is 11.9. The van der Waals surface area contributed by atoms with E-state index in [9.17, 15) is 13.6 Å². The summed E-state index contributed by atoms with van der Waals surface area (Å²) in [5.74, 6) is 1.78. The van der Waals surface area contributed by atoms with Gasteiger partial charge in [0.15, 0.2) is 6.61 Å². The molecule has 4 rings (SSSR count). The van der Waals surface area contributed by atoms with Crippen molar-refractivity contribution in [3.63, 3.8) is 0 Å². The molecule has 2 aromatic heterocycles. The van der Waals surface area contributed by atoms with Crippen molar-refractivity contribution in [1.29, 1.82) is 0 Å². The summed E-state index contributed by atoms with van der Waals surface area (Å²) in [6.45, 7) is 2.13. The van der Waals surface area contributed by atoms with E-state index in [4.69, 9.17) is 14.0 Å². The topological polar surface area (TPSA) is 89.7 Å². The minimum atomic E-state index is -2.48. The van der Waals surface area contributed by atoms with E-state index in [0.29, 0.717) is 35.6 Å². The molecule has 0 spiro atoms. The summed E-state index contributed by atoms with van der Waals surface area (Å²) in [4.78, 5) is 20.2. The lowest BCUT2D eigenvalue weighted by Crippen LogP contribution is -2.38. The van der Waals surface area contributed by atoms with Crippen LogP contribution in [0.1, 0.15) is 54.9 Å². The lowest BCUT2D eigenvalue weighted by molar-refractivity contribution is -0.122. The van der Waals surface area contributed by atoms with Gasteiger partial charge in [0.05, 0.1) is 12.8 Å². The molecule has 1 aliphatic heterocycles. The van der Waals surface area contributed by atoms with Crippen LogP contribution < -0.4 is 14.8 Å². The average Bonchev–Trinajstić information content (AvgIpc) is 3.47. The van der Waals surface area contributed by atoms with Crippen LogP contribution in [0.2, 0.25) is 0 Å². The predicted molar refractivity (Wildman–Crippen MR) is 122 cm³/mol. The SMILES string of the molecule is COc1cc(CCC(=O)NC2CCC(CCN3CCc4sc(OCC(F)F)nc4C3)CC2)on1. The van der Waals surface area contributed by atoms with Gasteiger partial charge in [0, 0.05) is 42.9 Å². The van der Waals surface area contributed by atoms with Crippen molar-refractivity contribution in [3.05, 3.63) is 22.4 Å². The second-order valence-corrected chi connectivity index (χ2v) is 10.0. The van der Waals surface area contributed by atoms with E-state index in [1.165, 1.54) is 18.4 Å². The summed E-state index contributed by atoms with van der Waals surface area (Å²) in [5, 5.41) is 7.26. The second-order valence-electron chi connectivity index (χ2n) is 8.99. The average molecular weight is 499 g/mol. The molecule has 2 aliphatic rings. The number of fused-ring (bicyclic) bond motifs is 1. The van der Waals surface area contributed by atoms with Gasteiger partial charge >= 0.3 is 0 Å². The third-order valence-corrected chi connectivity index (χ3v) is 7.60. The summed E-state index contributed by atoms with van der Waals surface area (Å²) in [5.41, 5.74) is 0.968. The normalized spacial score (nSPS) is 20.8. The number of hydrogen-bond acceptors (Lipinski definition) is 8. The highest BCUT2D eigenvalue weighted by Crippen LogP contribution is 2.31. The molecule has 2 aromatic rings. The van der Waals surface area contributed by atoms with Crippen LogP contribution in [0.25, 0.3) is 0 Å². The standard InChI is InChI=1S/C23H32F2N4O4S/c1-31-22-12-17(33-28-22)6-7-21(30)26-16-4-2-15(3-5-16)8-10-29-11-9-19-18(13-29)27-23(34-19)32-14-20(24)25/h12,15-16,20H,2-11,13-14H2,1H3,(H,26,30). The summed E-state index contributed by atoms with van der Waals surface area (Å²) in [7, 11) is 1.53. The van der Waals surface area contributed by atoms with Crippen molar-refractivity contribution < 1.29 is 27.6 Å². The molecule has 0 atom stereocenters. The van der Waals surface area contributed by atoms with Gasteiger partial charge in [-0.2, -0.15) is 0 Å². The number of nitrogens with zero attached hydrogens (tertiary/aromatic N) is 3. The van der Waals surface area contributed by atoms with Gasteiger partial charge in [0.2, 0.25) is 5.91 Å². The Morgan fingerprint density at radius 1 is 1.35 bits per heavy atom. The number of alkyl halides is 2. The number of thiazole rings is 1. The van der Waals surface area contributed by atoms with Gasteiger partial charge in [-0.05, 0) is 56.1 Å². The van der Waals surface area contributed by atoms with E-state index in [1.807, 2.05) is 0 Å². The number of hydrogen-bond donors (Lipinski definition) is 1. The van der Waals surface area contributed by atoms with E-state index in [2.05, 4.69) is 20.4 Å². The Labute approximate surface area is 202 Å². The van der Waals surface area contributed by atoms with Crippen molar-refractivity contribution in [2.45, 2.75) is 70.4 Å². The lowest BCUT2D eigenvalue weighted by atomic mass is 9.84. The fourth-order valence-electron chi connectivity index (χ4n) is 4.62. The highest BCUT2D eigenvalue weighted by atomic mass is 32.1. The second kappa shape index (κ2) is 11.9. The maximum absolute atomic E-state index is 12.4. The van der Waals surface area contributed by atoms with Crippen molar-refractivity contribution in [2.75, 3.05) is 26.8 Å². The maximum Gasteiger partial charge on any atom is 0.273 e. The minimum absolute atomic E-state index is 0.0445. The molecule has 3 heterocycles. The largest absolute Gasteiger partial charge is 0.479 e. The van der Waals surface area contributed by atoms with Crippen molar-refractivity contribution in [3.8, 4) is 11.1 Å². The van der Waals surface area contributed by atoms with E-state index in [-0.39, 0.29) is 11.9 Å². The summed E-state index contributed by atoms with van der Waals surface area (Å²) >= 11 is 1.39. The van der Waals surface area contributed by atoms with E-state index in [0.717, 1.165) is 68.7 Å². The van der Waals surface area contributed by atoms with Crippen LogP contribution in [0.5, 0.6) is 11.1 Å². The van der Waals surface area contributed by atoms with Gasteiger partial charge in [-0.25, -0.2) is 13.8 Å². The predicted octanol–water partition coefficient (Wildman–Crippen LogP) is 3.84. The van der Waals surface area contributed by atoms with Crippen LogP contribution in [-0.4, -0.2) is 60.2 Å². The zero-order valence-electron chi connectivity index (χ0n) is 19.4. The van der Waals surface area contributed by atoms with Crippen molar-refractivity contribution >= 4 is 17.2 Å². The Bertz CT molecular complexity index is 930. The van der Waals surface area contributed by atoms with Crippen LogP contribution >= 0.6 is 11.3 Å². The molecule has 1 amide bonds. The van der Waals surface area contributed by atoms with Gasteiger partial charge in [-0.1, -0.05) is 11.3 Å². The Morgan fingerprint density at radius 3 is 2.91 bits per heavy atom. The molecule has 188 valence electrons. The number of aryl methyl sites for hydroxylation is 1. The number of ether oxygens (including phenoxy) is 2.